The molecule has 6 heteroatoms. The Labute approximate surface area is 78.2 Å². The Balaban J connectivity index is 2.85. The van der Waals surface area contributed by atoms with Crippen LogP contribution in [-0.4, -0.2) is 30.0 Å². The van der Waals surface area contributed by atoms with Crippen molar-refractivity contribution in [3.8, 4) is 0 Å². The minimum absolute atomic E-state index is 0.482. The monoisotopic (exact) mass is 210 g/mol. The van der Waals surface area contributed by atoms with Crippen LogP contribution in [0.3, 0.4) is 0 Å². The van der Waals surface area contributed by atoms with Crippen LogP contribution >= 0.6 is 0 Å². The van der Waals surface area contributed by atoms with E-state index in [2.05, 4.69) is 0 Å². The second-order valence-electron chi connectivity index (χ2n) is 3.60. The second kappa shape index (κ2) is 3.05. The van der Waals surface area contributed by atoms with E-state index in [0.29, 0.717) is 0 Å². The van der Waals surface area contributed by atoms with E-state index in [1.165, 1.54) is 13.8 Å². The van der Waals surface area contributed by atoms with Gasteiger partial charge in [0.15, 0.2) is 5.78 Å². The van der Waals surface area contributed by atoms with Crippen molar-refractivity contribution in [1.82, 2.24) is 0 Å². The SMILES string of the molecule is CC1(C)OCC(C(=O)C(F)(F)F)C1=O. The highest BCUT2D eigenvalue weighted by atomic mass is 19.4. The van der Waals surface area contributed by atoms with Crippen molar-refractivity contribution in [2.75, 3.05) is 6.61 Å². The predicted molar refractivity (Wildman–Crippen MR) is 39.6 cm³/mol. The highest BCUT2D eigenvalue weighted by Gasteiger charge is 2.53. The molecule has 0 aromatic heterocycles. The summed E-state index contributed by atoms with van der Waals surface area (Å²) in [7, 11) is 0. The molecule has 1 aliphatic heterocycles. The van der Waals surface area contributed by atoms with E-state index in [1.807, 2.05) is 0 Å². The third kappa shape index (κ3) is 1.79. The lowest BCUT2D eigenvalue weighted by Gasteiger charge is -2.14. The molecule has 1 fully saturated rings. The molecule has 0 aliphatic carbocycles. The van der Waals surface area contributed by atoms with Gasteiger partial charge in [0.2, 0.25) is 5.78 Å². The number of rotatable bonds is 1. The molecule has 1 saturated heterocycles. The van der Waals surface area contributed by atoms with Crippen LogP contribution in [0.2, 0.25) is 0 Å². The van der Waals surface area contributed by atoms with Crippen LogP contribution < -0.4 is 0 Å². The summed E-state index contributed by atoms with van der Waals surface area (Å²) >= 11 is 0. The van der Waals surface area contributed by atoms with E-state index in [4.69, 9.17) is 4.74 Å². The number of carbonyl (C=O) groups excluding carboxylic acids is 2. The summed E-state index contributed by atoms with van der Waals surface area (Å²) < 4.78 is 40.7. The standard InChI is InChI=1S/C8H9F3O3/c1-7(2)5(12)4(3-14-7)6(13)8(9,10)11/h4H,3H2,1-2H3. The summed E-state index contributed by atoms with van der Waals surface area (Å²) in [5, 5.41) is 0. The van der Waals surface area contributed by atoms with E-state index in [1.54, 1.807) is 0 Å². The van der Waals surface area contributed by atoms with Crippen molar-refractivity contribution in [2.45, 2.75) is 25.6 Å². The first kappa shape index (κ1) is 11.2. The first-order valence-corrected chi connectivity index (χ1v) is 3.95. The van der Waals surface area contributed by atoms with Crippen molar-refractivity contribution in [3.63, 3.8) is 0 Å². The Morgan fingerprint density at radius 1 is 1.50 bits per heavy atom. The zero-order valence-corrected chi connectivity index (χ0v) is 7.64. The molecular weight excluding hydrogens is 201 g/mol. The maximum Gasteiger partial charge on any atom is 0.450 e. The van der Waals surface area contributed by atoms with Crippen LogP contribution in [0.4, 0.5) is 13.2 Å². The van der Waals surface area contributed by atoms with Crippen LogP contribution in [0.15, 0.2) is 0 Å². The van der Waals surface area contributed by atoms with Crippen LogP contribution in [0, 0.1) is 5.92 Å². The summed E-state index contributed by atoms with van der Waals surface area (Å²) in [6, 6.07) is 0. The molecule has 14 heavy (non-hydrogen) atoms. The zero-order valence-electron chi connectivity index (χ0n) is 7.64. The Bertz CT molecular complexity index is 280. The van der Waals surface area contributed by atoms with Crippen LogP contribution in [-0.2, 0) is 14.3 Å². The maximum absolute atomic E-state index is 12.0. The lowest BCUT2D eigenvalue weighted by molar-refractivity contribution is -0.176. The predicted octanol–water partition coefficient (Wildman–Crippen LogP) is 1.11. The van der Waals surface area contributed by atoms with Gasteiger partial charge in [0.25, 0.3) is 0 Å². The number of halogens is 3. The number of Topliss-reactive ketones (excluding diaryl/α,β-unsaturated/α-hetero) is 2. The Kier molecular flexibility index (Phi) is 2.43. The number of alkyl halides is 3. The molecule has 80 valence electrons. The molecule has 0 aromatic carbocycles. The van der Waals surface area contributed by atoms with Gasteiger partial charge in [-0.3, -0.25) is 9.59 Å². The smallest absolute Gasteiger partial charge is 0.367 e. The second-order valence-corrected chi connectivity index (χ2v) is 3.60. The molecule has 3 nitrogen and oxygen atoms in total. The molecule has 1 heterocycles. The van der Waals surface area contributed by atoms with Crippen molar-refractivity contribution in [3.05, 3.63) is 0 Å². The molecule has 1 aliphatic rings. The van der Waals surface area contributed by atoms with Crippen molar-refractivity contribution >= 4 is 11.6 Å². The van der Waals surface area contributed by atoms with Gasteiger partial charge in [-0.25, -0.2) is 0 Å². The molecule has 1 atom stereocenters. The van der Waals surface area contributed by atoms with Crippen molar-refractivity contribution in [1.29, 1.82) is 0 Å². The molecule has 1 rings (SSSR count). The Hall–Kier alpha value is -0.910. The van der Waals surface area contributed by atoms with Crippen LogP contribution in [0.25, 0.3) is 0 Å². The minimum Gasteiger partial charge on any atom is -0.367 e. The fourth-order valence-corrected chi connectivity index (χ4v) is 1.25. The van der Waals surface area contributed by atoms with E-state index < -0.39 is 35.9 Å². The average molecular weight is 210 g/mol. The lowest BCUT2D eigenvalue weighted by atomic mass is 9.92. The molecule has 0 N–H and O–H groups in total. The summed E-state index contributed by atoms with van der Waals surface area (Å²) in [5.74, 6) is -4.52. The van der Waals surface area contributed by atoms with Crippen LogP contribution in [0.1, 0.15) is 13.8 Å². The van der Waals surface area contributed by atoms with E-state index in [0.717, 1.165) is 0 Å². The summed E-state index contributed by atoms with van der Waals surface area (Å²) in [5.41, 5.74) is -1.29. The number of ketones is 2. The number of hydrogen-bond donors (Lipinski definition) is 0. The van der Waals surface area contributed by atoms with E-state index in [-0.39, 0.29) is 0 Å². The highest BCUT2D eigenvalue weighted by molar-refractivity contribution is 6.09. The molecule has 1 unspecified atom stereocenters. The van der Waals surface area contributed by atoms with Gasteiger partial charge in [0.1, 0.15) is 11.5 Å². The number of ether oxygens (including phenoxy) is 1. The summed E-state index contributed by atoms with van der Waals surface area (Å²) in [4.78, 5) is 22.0. The third-order valence-electron chi connectivity index (χ3n) is 2.12. The molecule has 0 aromatic rings. The highest BCUT2D eigenvalue weighted by Crippen LogP contribution is 2.31. The lowest BCUT2D eigenvalue weighted by Crippen LogP contribution is -2.38. The molecule has 0 radical (unpaired) electrons. The van der Waals surface area contributed by atoms with Gasteiger partial charge >= 0.3 is 6.18 Å². The van der Waals surface area contributed by atoms with Crippen LogP contribution in [0.5, 0.6) is 0 Å². The quantitative estimate of drug-likeness (QED) is 0.609. The Morgan fingerprint density at radius 2 is 2.00 bits per heavy atom. The molecule has 0 spiro atoms. The molecular formula is C8H9F3O3. The minimum atomic E-state index is -4.97. The fraction of sp³-hybridized carbons (Fsp3) is 0.750. The van der Waals surface area contributed by atoms with Crippen molar-refractivity contribution < 1.29 is 27.5 Å². The molecule has 0 saturated carbocycles. The Morgan fingerprint density at radius 3 is 2.29 bits per heavy atom. The molecule has 0 bridgehead atoms. The van der Waals surface area contributed by atoms with Gasteiger partial charge in [0.05, 0.1) is 6.61 Å². The van der Waals surface area contributed by atoms with Gasteiger partial charge in [-0.05, 0) is 13.8 Å². The van der Waals surface area contributed by atoms with Gasteiger partial charge in [-0.1, -0.05) is 0 Å². The first-order valence-electron chi connectivity index (χ1n) is 3.95. The van der Waals surface area contributed by atoms with Gasteiger partial charge in [-0.15, -0.1) is 0 Å². The maximum atomic E-state index is 12.0. The van der Waals surface area contributed by atoms with E-state index >= 15 is 0 Å². The average Bonchev–Trinajstić information content (AvgIpc) is 2.25. The first-order chi connectivity index (χ1) is 6.16. The molecule has 0 amide bonds. The number of carbonyl (C=O) groups is 2. The fourth-order valence-electron chi connectivity index (χ4n) is 1.25. The van der Waals surface area contributed by atoms with Gasteiger partial charge in [-0.2, -0.15) is 13.2 Å². The zero-order chi connectivity index (χ0) is 11.1. The summed E-state index contributed by atoms with van der Waals surface area (Å²) in [6.45, 7) is 2.21. The normalized spacial score (nSPS) is 26.6. The number of hydrogen-bond acceptors (Lipinski definition) is 3. The topological polar surface area (TPSA) is 43.4 Å². The van der Waals surface area contributed by atoms with Gasteiger partial charge in [0, 0.05) is 0 Å². The third-order valence-corrected chi connectivity index (χ3v) is 2.12. The van der Waals surface area contributed by atoms with Crippen molar-refractivity contribution in [2.24, 2.45) is 5.92 Å². The summed E-state index contributed by atoms with van der Waals surface area (Å²) in [6.07, 6.45) is -4.97. The largest absolute Gasteiger partial charge is 0.450 e. The van der Waals surface area contributed by atoms with E-state index in [9.17, 15) is 22.8 Å². The van der Waals surface area contributed by atoms with Gasteiger partial charge < -0.3 is 4.74 Å².